The average Bonchev–Trinajstić information content (AvgIpc) is 2.78. The third kappa shape index (κ3) is 1.61. The molecule has 0 aliphatic heterocycles. The van der Waals surface area contributed by atoms with Crippen molar-refractivity contribution >= 4 is 10.9 Å². The normalized spacial score (nSPS) is 10.9. The van der Waals surface area contributed by atoms with Crippen LogP contribution in [0.4, 0.5) is 0 Å². The fraction of sp³-hybridized carbons (Fsp3) is 0.0714. The van der Waals surface area contributed by atoms with Crippen LogP contribution in [0.25, 0.3) is 22.2 Å². The number of benzene rings is 2. The summed E-state index contributed by atoms with van der Waals surface area (Å²) in [6.45, 7) is -0.104. The molecule has 0 unspecified atom stereocenters. The van der Waals surface area contributed by atoms with Crippen LogP contribution in [0.3, 0.4) is 0 Å². The molecule has 3 nitrogen and oxygen atoms in total. The van der Waals surface area contributed by atoms with Gasteiger partial charge in [0, 0.05) is 10.9 Å². The maximum atomic E-state index is 9.30. The molecule has 1 N–H and O–H groups in total. The molecule has 0 spiro atoms. The van der Waals surface area contributed by atoms with E-state index in [2.05, 4.69) is 5.10 Å². The number of fused-ring (bicyclic) bond motifs is 1. The first kappa shape index (κ1) is 10.1. The first-order valence-electron chi connectivity index (χ1n) is 5.52. The number of para-hydroxylation sites is 1. The van der Waals surface area contributed by atoms with E-state index in [4.69, 9.17) is 0 Å². The Morgan fingerprint density at radius 1 is 0.941 bits per heavy atom. The van der Waals surface area contributed by atoms with Gasteiger partial charge in [0.25, 0.3) is 0 Å². The predicted molar refractivity (Wildman–Crippen MR) is 67.4 cm³/mol. The number of aromatic nitrogens is 2. The van der Waals surface area contributed by atoms with Crippen molar-refractivity contribution in [1.29, 1.82) is 0 Å². The molecule has 0 aliphatic rings. The third-order valence-corrected chi connectivity index (χ3v) is 2.84. The largest absolute Gasteiger partial charge is 0.374 e. The fourth-order valence-electron chi connectivity index (χ4n) is 2.04. The van der Waals surface area contributed by atoms with Crippen LogP contribution in [-0.4, -0.2) is 14.9 Å². The molecule has 0 amide bonds. The van der Waals surface area contributed by atoms with Crippen molar-refractivity contribution in [2.45, 2.75) is 6.73 Å². The number of nitrogens with zero attached hydrogens (tertiary/aromatic N) is 2. The van der Waals surface area contributed by atoms with Crippen molar-refractivity contribution in [1.82, 2.24) is 9.78 Å². The van der Waals surface area contributed by atoms with Gasteiger partial charge in [-0.05, 0) is 6.07 Å². The standard InChI is InChI=1S/C14H12N2O/c17-10-16-13-9-5-4-8-12(13)14(15-16)11-6-2-1-3-7-11/h1-9,17H,10H2. The Bertz CT molecular complexity index is 644. The van der Waals surface area contributed by atoms with Crippen molar-refractivity contribution in [3.8, 4) is 11.3 Å². The topological polar surface area (TPSA) is 38.0 Å². The summed E-state index contributed by atoms with van der Waals surface area (Å²) in [5.41, 5.74) is 2.93. The number of hydrogen-bond acceptors (Lipinski definition) is 2. The molecule has 3 rings (SSSR count). The van der Waals surface area contributed by atoms with Gasteiger partial charge < -0.3 is 5.11 Å². The molecule has 0 bridgehead atoms. The van der Waals surface area contributed by atoms with Crippen LogP contribution in [0.2, 0.25) is 0 Å². The minimum atomic E-state index is -0.104. The summed E-state index contributed by atoms with van der Waals surface area (Å²) < 4.78 is 1.61. The molecule has 3 aromatic rings. The number of rotatable bonds is 2. The van der Waals surface area contributed by atoms with Gasteiger partial charge >= 0.3 is 0 Å². The smallest absolute Gasteiger partial charge is 0.136 e. The number of aliphatic hydroxyl groups is 1. The molecule has 0 atom stereocenters. The summed E-state index contributed by atoms with van der Waals surface area (Å²) in [7, 11) is 0. The molecular weight excluding hydrogens is 212 g/mol. The van der Waals surface area contributed by atoms with Gasteiger partial charge in [0.05, 0.1) is 5.52 Å². The molecule has 1 heterocycles. The molecule has 0 saturated carbocycles. The van der Waals surface area contributed by atoms with E-state index in [-0.39, 0.29) is 6.73 Å². The van der Waals surface area contributed by atoms with Gasteiger partial charge in [0.1, 0.15) is 12.4 Å². The molecule has 0 fully saturated rings. The van der Waals surface area contributed by atoms with Crippen LogP contribution in [0.5, 0.6) is 0 Å². The van der Waals surface area contributed by atoms with Crippen molar-refractivity contribution in [2.24, 2.45) is 0 Å². The second-order valence-corrected chi connectivity index (χ2v) is 3.87. The highest BCUT2D eigenvalue weighted by molar-refractivity contribution is 5.93. The summed E-state index contributed by atoms with van der Waals surface area (Å²) >= 11 is 0. The number of aliphatic hydroxyl groups excluding tert-OH is 1. The van der Waals surface area contributed by atoms with Gasteiger partial charge in [-0.3, -0.25) is 0 Å². The molecule has 3 heteroatoms. The molecular formula is C14H12N2O. The van der Waals surface area contributed by atoms with E-state index >= 15 is 0 Å². The Morgan fingerprint density at radius 3 is 2.41 bits per heavy atom. The predicted octanol–water partition coefficient (Wildman–Crippen LogP) is 2.65. The minimum Gasteiger partial charge on any atom is -0.374 e. The van der Waals surface area contributed by atoms with Crippen molar-refractivity contribution < 1.29 is 5.11 Å². The first-order chi connectivity index (χ1) is 8.40. The minimum absolute atomic E-state index is 0.104. The third-order valence-electron chi connectivity index (χ3n) is 2.84. The van der Waals surface area contributed by atoms with Gasteiger partial charge in [-0.25, -0.2) is 4.68 Å². The average molecular weight is 224 g/mol. The Balaban J connectivity index is 2.31. The Kier molecular flexibility index (Phi) is 2.38. The summed E-state index contributed by atoms with van der Waals surface area (Å²) in [5.74, 6) is 0. The van der Waals surface area contributed by atoms with Crippen molar-refractivity contribution in [3.63, 3.8) is 0 Å². The number of hydrogen-bond donors (Lipinski definition) is 1. The van der Waals surface area contributed by atoms with E-state index in [9.17, 15) is 5.11 Å². The Labute approximate surface area is 98.9 Å². The van der Waals surface area contributed by atoms with Crippen LogP contribution in [0.15, 0.2) is 54.6 Å². The lowest BCUT2D eigenvalue weighted by atomic mass is 10.1. The van der Waals surface area contributed by atoms with Gasteiger partial charge in [-0.2, -0.15) is 5.10 Å². The highest BCUT2D eigenvalue weighted by Crippen LogP contribution is 2.27. The molecule has 2 aromatic carbocycles. The van der Waals surface area contributed by atoms with Crippen LogP contribution in [-0.2, 0) is 6.73 Å². The van der Waals surface area contributed by atoms with Gasteiger partial charge in [-0.15, -0.1) is 0 Å². The Hall–Kier alpha value is -2.13. The molecule has 84 valence electrons. The van der Waals surface area contributed by atoms with Gasteiger partial charge in [0.15, 0.2) is 0 Å². The van der Waals surface area contributed by atoms with E-state index in [1.807, 2.05) is 54.6 Å². The van der Waals surface area contributed by atoms with Gasteiger partial charge in [0.2, 0.25) is 0 Å². The SMILES string of the molecule is OCn1nc(-c2ccccc2)c2ccccc21. The Morgan fingerprint density at radius 2 is 1.65 bits per heavy atom. The molecule has 1 aromatic heterocycles. The zero-order valence-electron chi connectivity index (χ0n) is 9.24. The maximum Gasteiger partial charge on any atom is 0.136 e. The lowest BCUT2D eigenvalue weighted by Crippen LogP contribution is -1.98. The quantitative estimate of drug-likeness (QED) is 0.726. The van der Waals surface area contributed by atoms with E-state index in [1.165, 1.54) is 0 Å². The van der Waals surface area contributed by atoms with E-state index < -0.39 is 0 Å². The molecule has 17 heavy (non-hydrogen) atoms. The summed E-state index contributed by atoms with van der Waals surface area (Å²) in [4.78, 5) is 0. The van der Waals surface area contributed by atoms with Crippen molar-refractivity contribution in [2.75, 3.05) is 0 Å². The molecule has 0 aliphatic carbocycles. The van der Waals surface area contributed by atoms with Crippen LogP contribution < -0.4 is 0 Å². The second kappa shape index (κ2) is 4.03. The van der Waals surface area contributed by atoms with Crippen LogP contribution in [0, 0.1) is 0 Å². The summed E-state index contributed by atoms with van der Waals surface area (Å²) in [5, 5.41) is 14.8. The molecule has 0 saturated heterocycles. The lowest BCUT2D eigenvalue weighted by molar-refractivity contribution is 0.201. The molecule has 0 radical (unpaired) electrons. The van der Waals surface area contributed by atoms with Crippen molar-refractivity contribution in [3.05, 3.63) is 54.6 Å². The van der Waals surface area contributed by atoms with Crippen LogP contribution >= 0.6 is 0 Å². The summed E-state index contributed by atoms with van der Waals surface area (Å²) in [6.07, 6.45) is 0. The highest BCUT2D eigenvalue weighted by Gasteiger charge is 2.10. The monoisotopic (exact) mass is 224 g/mol. The fourth-order valence-corrected chi connectivity index (χ4v) is 2.04. The zero-order chi connectivity index (χ0) is 11.7. The van der Waals surface area contributed by atoms with Crippen LogP contribution in [0.1, 0.15) is 0 Å². The zero-order valence-corrected chi connectivity index (χ0v) is 9.24. The second-order valence-electron chi connectivity index (χ2n) is 3.87. The van der Waals surface area contributed by atoms with Gasteiger partial charge in [-0.1, -0.05) is 48.5 Å². The van der Waals surface area contributed by atoms with E-state index in [0.29, 0.717) is 0 Å². The first-order valence-corrected chi connectivity index (χ1v) is 5.52. The van der Waals surface area contributed by atoms with E-state index in [0.717, 1.165) is 22.2 Å². The maximum absolute atomic E-state index is 9.30. The lowest BCUT2D eigenvalue weighted by Gasteiger charge is -1.96. The summed E-state index contributed by atoms with van der Waals surface area (Å²) in [6, 6.07) is 17.9. The van der Waals surface area contributed by atoms with E-state index in [1.54, 1.807) is 4.68 Å². The highest BCUT2D eigenvalue weighted by atomic mass is 16.3.